The number of rotatable bonds is 4. The highest BCUT2D eigenvalue weighted by Crippen LogP contribution is 2.16. The number of halogens is 3. The Morgan fingerprint density at radius 2 is 2.04 bits per heavy atom. The van der Waals surface area contributed by atoms with Crippen molar-refractivity contribution in [2.75, 3.05) is 0 Å². The first kappa shape index (κ1) is 17.1. The molecule has 3 aromatic rings. The number of nitrogens with one attached hydrogen (secondary N) is 1. The number of amides is 1. The van der Waals surface area contributed by atoms with E-state index in [4.69, 9.17) is 11.6 Å². The summed E-state index contributed by atoms with van der Waals surface area (Å²) in [7, 11) is 0. The lowest BCUT2D eigenvalue weighted by Crippen LogP contribution is -2.34. The number of hydrogen-bond acceptors (Lipinski definition) is 3. The van der Waals surface area contributed by atoms with E-state index < -0.39 is 29.3 Å². The second kappa shape index (κ2) is 6.64. The van der Waals surface area contributed by atoms with Crippen molar-refractivity contribution in [2.24, 2.45) is 0 Å². The van der Waals surface area contributed by atoms with E-state index in [9.17, 15) is 18.4 Å². The van der Waals surface area contributed by atoms with Crippen molar-refractivity contribution in [3.8, 4) is 0 Å². The zero-order valence-corrected chi connectivity index (χ0v) is 13.8. The SMILES string of the molecule is C[C@H](NC(=O)Cn1nc2ccc(Cl)cn2c1=O)c1ccc(F)c(F)c1. The predicted molar refractivity (Wildman–Crippen MR) is 87.4 cm³/mol. The Labute approximate surface area is 145 Å². The van der Waals surface area contributed by atoms with Gasteiger partial charge in [0.1, 0.15) is 6.54 Å². The molecule has 0 aliphatic rings. The molecule has 0 radical (unpaired) electrons. The molecule has 0 spiro atoms. The van der Waals surface area contributed by atoms with Crippen LogP contribution < -0.4 is 11.0 Å². The van der Waals surface area contributed by atoms with Crippen LogP contribution in [0.4, 0.5) is 8.78 Å². The molecular formula is C16H13ClF2N4O2. The molecule has 0 saturated heterocycles. The first-order valence-electron chi connectivity index (χ1n) is 7.34. The van der Waals surface area contributed by atoms with E-state index in [-0.39, 0.29) is 6.54 Å². The van der Waals surface area contributed by atoms with Gasteiger partial charge < -0.3 is 5.32 Å². The highest BCUT2D eigenvalue weighted by atomic mass is 35.5. The van der Waals surface area contributed by atoms with Gasteiger partial charge in [-0.05, 0) is 36.8 Å². The van der Waals surface area contributed by atoms with Crippen molar-refractivity contribution in [3.63, 3.8) is 0 Å². The summed E-state index contributed by atoms with van der Waals surface area (Å²) in [5.41, 5.74) is 0.255. The molecule has 0 unspecified atom stereocenters. The van der Waals surface area contributed by atoms with Crippen LogP contribution in [0, 0.1) is 11.6 Å². The minimum atomic E-state index is -0.993. The van der Waals surface area contributed by atoms with Gasteiger partial charge in [0.25, 0.3) is 0 Å². The van der Waals surface area contributed by atoms with Crippen molar-refractivity contribution >= 4 is 23.2 Å². The average Bonchev–Trinajstić information content (AvgIpc) is 2.86. The highest BCUT2D eigenvalue weighted by Gasteiger charge is 2.15. The predicted octanol–water partition coefficient (Wildman–Crippen LogP) is 2.30. The largest absolute Gasteiger partial charge is 0.350 e. The topological polar surface area (TPSA) is 68.4 Å². The Bertz CT molecular complexity index is 1020. The van der Waals surface area contributed by atoms with Crippen LogP contribution >= 0.6 is 11.6 Å². The number of hydrogen-bond donors (Lipinski definition) is 1. The van der Waals surface area contributed by atoms with E-state index in [0.717, 1.165) is 16.8 Å². The fraction of sp³-hybridized carbons (Fsp3) is 0.188. The maximum absolute atomic E-state index is 13.3. The molecule has 2 heterocycles. The van der Waals surface area contributed by atoms with Crippen molar-refractivity contribution in [1.29, 1.82) is 0 Å². The molecule has 1 atom stereocenters. The third-order valence-corrected chi connectivity index (χ3v) is 3.88. The molecule has 6 nitrogen and oxygen atoms in total. The standard InChI is InChI=1S/C16H13ClF2N4O2/c1-9(10-2-4-12(18)13(19)6-10)20-15(24)8-23-16(25)22-7-11(17)3-5-14(22)21-23/h2-7,9H,8H2,1H3,(H,20,24)/t9-/m0/s1. The van der Waals surface area contributed by atoms with Gasteiger partial charge >= 0.3 is 5.69 Å². The number of carbonyl (C=O) groups excluding carboxylic acids is 1. The van der Waals surface area contributed by atoms with Crippen LogP contribution in [0.15, 0.2) is 41.3 Å². The first-order chi connectivity index (χ1) is 11.8. The first-order valence-corrected chi connectivity index (χ1v) is 7.72. The molecule has 25 heavy (non-hydrogen) atoms. The Hall–Kier alpha value is -2.74. The van der Waals surface area contributed by atoms with E-state index in [1.54, 1.807) is 19.1 Å². The molecule has 9 heteroatoms. The number of aromatic nitrogens is 3. The van der Waals surface area contributed by atoms with Crippen LogP contribution in [-0.2, 0) is 11.3 Å². The third kappa shape index (κ3) is 3.53. The summed E-state index contributed by atoms with van der Waals surface area (Å²) in [5, 5.41) is 7.01. The monoisotopic (exact) mass is 366 g/mol. The lowest BCUT2D eigenvalue weighted by atomic mass is 10.1. The van der Waals surface area contributed by atoms with Gasteiger partial charge in [-0.2, -0.15) is 0 Å². The average molecular weight is 367 g/mol. The molecule has 1 aromatic carbocycles. The molecule has 0 bridgehead atoms. The van der Waals surface area contributed by atoms with E-state index in [2.05, 4.69) is 10.4 Å². The molecule has 0 aliphatic heterocycles. The van der Waals surface area contributed by atoms with Gasteiger partial charge in [0, 0.05) is 6.20 Å². The van der Waals surface area contributed by atoms with Crippen LogP contribution in [0.5, 0.6) is 0 Å². The molecule has 1 amide bonds. The summed E-state index contributed by atoms with van der Waals surface area (Å²) in [4.78, 5) is 24.3. The summed E-state index contributed by atoms with van der Waals surface area (Å²) in [6, 6.07) is 5.96. The second-order valence-electron chi connectivity index (χ2n) is 5.48. The zero-order chi connectivity index (χ0) is 18.1. The molecular weight excluding hydrogens is 354 g/mol. The number of nitrogens with zero attached hydrogens (tertiary/aromatic N) is 3. The van der Waals surface area contributed by atoms with Gasteiger partial charge in [-0.25, -0.2) is 22.7 Å². The normalized spacial score (nSPS) is 12.3. The number of pyridine rings is 1. The van der Waals surface area contributed by atoms with Crippen LogP contribution in [0.25, 0.3) is 5.65 Å². The second-order valence-corrected chi connectivity index (χ2v) is 5.91. The fourth-order valence-corrected chi connectivity index (χ4v) is 2.54. The number of fused-ring (bicyclic) bond motifs is 1. The molecule has 0 fully saturated rings. The van der Waals surface area contributed by atoms with Crippen molar-refractivity contribution in [1.82, 2.24) is 19.5 Å². The van der Waals surface area contributed by atoms with Gasteiger partial charge in [-0.3, -0.25) is 4.79 Å². The summed E-state index contributed by atoms with van der Waals surface area (Å²) in [5.74, 6) is -2.45. The number of benzene rings is 1. The molecule has 0 aliphatic carbocycles. The fourth-order valence-electron chi connectivity index (χ4n) is 2.38. The Morgan fingerprint density at radius 3 is 2.76 bits per heavy atom. The minimum Gasteiger partial charge on any atom is -0.348 e. The van der Waals surface area contributed by atoms with Crippen molar-refractivity contribution < 1.29 is 13.6 Å². The summed E-state index contributed by atoms with van der Waals surface area (Å²) in [6.07, 6.45) is 1.41. The van der Waals surface area contributed by atoms with Gasteiger partial charge in [0.2, 0.25) is 5.91 Å². The zero-order valence-electron chi connectivity index (χ0n) is 13.0. The summed E-state index contributed by atoms with van der Waals surface area (Å²) in [6.45, 7) is 1.31. The van der Waals surface area contributed by atoms with Gasteiger partial charge in [-0.1, -0.05) is 17.7 Å². The van der Waals surface area contributed by atoms with Crippen LogP contribution in [-0.4, -0.2) is 20.1 Å². The number of carbonyl (C=O) groups is 1. The van der Waals surface area contributed by atoms with Crippen LogP contribution in [0.3, 0.4) is 0 Å². The van der Waals surface area contributed by atoms with E-state index in [1.807, 2.05) is 0 Å². The molecule has 1 N–H and O–H groups in total. The Kier molecular flexibility index (Phi) is 4.54. The quantitative estimate of drug-likeness (QED) is 0.770. The lowest BCUT2D eigenvalue weighted by molar-refractivity contribution is -0.122. The molecule has 3 rings (SSSR count). The Morgan fingerprint density at radius 1 is 1.28 bits per heavy atom. The maximum atomic E-state index is 13.3. The molecule has 130 valence electrons. The van der Waals surface area contributed by atoms with Crippen LogP contribution in [0.1, 0.15) is 18.5 Å². The Balaban J connectivity index is 1.75. The summed E-state index contributed by atoms with van der Waals surface area (Å²) < 4.78 is 28.5. The van der Waals surface area contributed by atoms with Crippen molar-refractivity contribution in [3.05, 3.63) is 69.2 Å². The molecule has 2 aromatic heterocycles. The molecule has 0 saturated carbocycles. The van der Waals surface area contributed by atoms with E-state index in [0.29, 0.717) is 16.2 Å². The maximum Gasteiger partial charge on any atom is 0.350 e. The van der Waals surface area contributed by atoms with Crippen LogP contribution in [0.2, 0.25) is 5.02 Å². The lowest BCUT2D eigenvalue weighted by Gasteiger charge is -2.14. The van der Waals surface area contributed by atoms with E-state index in [1.165, 1.54) is 16.7 Å². The smallest absolute Gasteiger partial charge is 0.348 e. The van der Waals surface area contributed by atoms with Gasteiger partial charge in [0.15, 0.2) is 17.3 Å². The minimum absolute atomic E-state index is 0.313. The van der Waals surface area contributed by atoms with E-state index >= 15 is 0 Å². The third-order valence-electron chi connectivity index (χ3n) is 3.66. The van der Waals surface area contributed by atoms with Crippen molar-refractivity contribution in [2.45, 2.75) is 19.5 Å². The summed E-state index contributed by atoms with van der Waals surface area (Å²) >= 11 is 5.83. The van der Waals surface area contributed by atoms with Gasteiger partial charge in [-0.15, -0.1) is 5.10 Å². The highest BCUT2D eigenvalue weighted by molar-refractivity contribution is 6.30. The van der Waals surface area contributed by atoms with Gasteiger partial charge in [0.05, 0.1) is 11.1 Å².